The SMILES string of the molecule is O=C(O)c1cccc(S(=O)(=O)NCCc2ccc(Cl)cc2)c1Cl. The van der Waals surface area contributed by atoms with E-state index < -0.39 is 16.0 Å². The molecule has 0 aromatic heterocycles. The predicted octanol–water partition coefficient (Wildman–Crippen LogP) is 3.21. The highest BCUT2D eigenvalue weighted by atomic mass is 35.5. The predicted molar refractivity (Wildman–Crippen MR) is 88.8 cm³/mol. The zero-order valence-corrected chi connectivity index (χ0v) is 14.1. The third-order valence-electron chi connectivity index (χ3n) is 3.10. The van der Waals surface area contributed by atoms with Crippen LogP contribution in [0, 0.1) is 0 Å². The van der Waals surface area contributed by atoms with E-state index in [4.69, 9.17) is 28.3 Å². The highest BCUT2D eigenvalue weighted by Gasteiger charge is 2.21. The van der Waals surface area contributed by atoms with Gasteiger partial charge < -0.3 is 5.11 Å². The van der Waals surface area contributed by atoms with Gasteiger partial charge in [-0.05, 0) is 36.2 Å². The molecule has 2 aromatic rings. The molecular formula is C15H13Cl2NO4S. The Morgan fingerprint density at radius 1 is 1.09 bits per heavy atom. The summed E-state index contributed by atoms with van der Waals surface area (Å²) in [6.07, 6.45) is 0.465. The Kier molecular flexibility index (Phi) is 5.64. The van der Waals surface area contributed by atoms with Crippen LogP contribution in [0.5, 0.6) is 0 Å². The van der Waals surface area contributed by atoms with Gasteiger partial charge >= 0.3 is 5.97 Å². The van der Waals surface area contributed by atoms with E-state index in [0.29, 0.717) is 11.4 Å². The Balaban J connectivity index is 2.12. The van der Waals surface area contributed by atoms with Gasteiger partial charge in [-0.1, -0.05) is 41.4 Å². The number of carboxylic acids is 1. The van der Waals surface area contributed by atoms with E-state index in [1.807, 2.05) is 0 Å². The Bertz CT molecular complexity index is 820. The van der Waals surface area contributed by atoms with E-state index in [-0.39, 0.29) is 22.0 Å². The Morgan fingerprint density at radius 2 is 1.74 bits per heavy atom. The summed E-state index contributed by atoms with van der Waals surface area (Å²) in [6.45, 7) is 0.150. The van der Waals surface area contributed by atoms with Crippen molar-refractivity contribution in [1.82, 2.24) is 4.72 Å². The summed E-state index contributed by atoms with van der Waals surface area (Å²) in [7, 11) is -3.90. The van der Waals surface area contributed by atoms with Gasteiger partial charge in [0.2, 0.25) is 10.0 Å². The number of nitrogens with one attached hydrogen (secondary N) is 1. The summed E-state index contributed by atoms with van der Waals surface area (Å²) < 4.78 is 26.9. The minimum atomic E-state index is -3.90. The molecule has 2 N–H and O–H groups in total. The summed E-state index contributed by atoms with van der Waals surface area (Å²) in [4.78, 5) is 10.8. The average Bonchev–Trinajstić information content (AvgIpc) is 2.49. The normalized spacial score (nSPS) is 11.4. The van der Waals surface area contributed by atoms with E-state index in [9.17, 15) is 13.2 Å². The minimum Gasteiger partial charge on any atom is -0.478 e. The first-order chi connectivity index (χ1) is 10.8. The number of aromatic carboxylic acids is 1. The van der Waals surface area contributed by atoms with Crippen molar-refractivity contribution in [2.24, 2.45) is 0 Å². The largest absolute Gasteiger partial charge is 0.478 e. The van der Waals surface area contributed by atoms with Gasteiger partial charge in [0.05, 0.1) is 10.6 Å². The molecule has 0 spiro atoms. The molecule has 122 valence electrons. The number of hydrogen-bond acceptors (Lipinski definition) is 3. The van der Waals surface area contributed by atoms with E-state index >= 15 is 0 Å². The molecule has 23 heavy (non-hydrogen) atoms. The molecule has 0 amide bonds. The molecule has 0 fully saturated rings. The molecule has 2 aromatic carbocycles. The highest BCUT2D eigenvalue weighted by Crippen LogP contribution is 2.25. The number of carboxylic acid groups (broad SMARTS) is 1. The number of hydrogen-bond donors (Lipinski definition) is 2. The van der Waals surface area contributed by atoms with Crippen molar-refractivity contribution >= 4 is 39.2 Å². The number of halogens is 2. The van der Waals surface area contributed by atoms with Gasteiger partial charge in [0, 0.05) is 11.6 Å². The third kappa shape index (κ3) is 4.45. The Labute approximate surface area is 143 Å². The van der Waals surface area contributed by atoms with Crippen molar-refractivity contribution in [2.75, 3.05) is 6.54 Å². The fourth-order valence-corrected chi connectivity index (χ4v) is 3.71. The lowest BCUT2D eigenvalue weighted by Gasteiger charge is -2.10. The zero-order chi connectivity index (χ0) is 17.0. The van der Waals surface area contributed by atoms with Crippen LogP contribution in [0.4, 0.5) is 0 Å². The molecule has 5 nitrogen and oxygen atoms in total. The van der Waals surface area contributed by atoms with Crippen molar-refractivity contribution < 1.29 is 18.3 Å². The number of rotatable bonds is 6. The van der Waals surface area contributed by atoms with Gasteiger partial charge in [0.1, 0.15) is 4.90 Å². The monoisotopic (exact) mass is 373 g/mol. The molecule has 0 saturated carbocycles. The maximum atomic E-state index is 12.3. The van der Waals surface area contributed by atoms with Crippen molar-refractivity contribution in [1.29, 1.82) is 0 Å². The summed E-state index contributed by atoms with van der Waals surface area (Å²) >= 11 is 11.7. The topological polar surface area (TPSA) is 83.5 Å². The number of sulfonamides is 1. The quantitative estimate of drug-likeness (QED) is 0.813. The van der Waals surface area contributed by atoms with E-state index in [1.165, 1.54) is 18.2 Å². The summed E-state index contributed by atoms with van der Waals surface area (Å²) in [5.41, 5.74) is 0.662. The molecule has 8 heteroatoms. The Morgan fingerprint density at radius 3 is 2.35 bits per heavy atom. The van der Waals surface area contributed by atoms with Crippen LogP contribution in [-0.2, 0) is 16.4 Å². The van der Waals surface area contributed by atoms with Crippen LogP contribution >= 0.6 is 23.2 Å². The summed E-state index contributed by atoms with van der Waals surface area (Å²) in [5, 5.41) is 9.29. The van der Waals surface area contributed by atoms with Gasteiger partial charge in [-0.25, -0.2) is 17.9 Å². The molecule has 0 aliphatic rings. The van der Waals surface area contributed by atoms with Gasteiger partial charge in [0.15, 0.2) is 0 Å². The van der Waals surface area contributed by atoms with Crippen molar-refractivity contribution in [3.05, 3.63) is 63.6 Å². The molecule has 0 radical (unpaired) electrons. The van der Waals surface area contributed by atoms with Crippen LogP contribution in [0.2, 0.25) is 10.0 Å². The fourth-order valence-electron chi connectivity index (χ4n) is 1.94. The second kappa shape index (κ2) is 7.31. The molecule has 0 bridgehead atoms. The van der Waals surface area contributed by atoms with Crippen LogP contribution in [0.15, 0.2) is 47.4 Å². The number of benzene rings is 2. The summed E-state index contributed by atoms with van der Waals surface area (Å²) in [5.74, 6) is -1.28. The first-order valence-corrected chi connectivity index (χ1v) is 8.81. The molecule has 2 rings (SSSR count). The summed E-state index contributed by atoms with van der Waals surface area (Å²) in [6, 6.07) is 10.9. The fraction of sp³-hybridized carbons (Fsp3) is 0.133. The van der Waals surface area contributed by atoms with Gasteiger partial charge in [-0.15, -0.1) is 0 Å². The zero-order valence-electron chi connectivity index (χ0n) is 11.8. The minimum absolute atomic E-state index is 0.150. The first-order valence-electron chi connectivity index (χ1n) is 6.57. The van der Waals surface area contributed by atoms with Gasteiger partial charge in [-0.2, -0.15) is 0 Å². The number of carbonyl (C=O) groups is 1. The van der Waals surface area contributed by atoms with Crippen molar-refractivity contribution in [2.45, 2.75) is 11.3 Å². The average molecular weight is 374 g/mol. The molecule has 0 heterocycles. The molecular weight excluding hydrogens is 361 g/mol. The van der Waals surface area contributed by atoms with Crippen LogP contribution in [-0.4, -0.2) is 26.0 Å². The van der Waals surface area contributed by atoms with Crippen LogP contribution in [0.1, 0.15) is 15.9 Å². The second-order valence-electron chi connectivity index (χ2n) is 4.70. The van der Waals surface area contributed by atoms with Crippen molar-refractivity contribution in [3.8, 4) is 0 Å². The molecule has 0 unspecified atom stereocenters. The lowest BCUT2D eigenvalue weighted by molar-refractivity contribution is 0.0697. The van der Waals surface area contributed by atoms with Gasteiger partial charge in [0.25, 0.3) is 0 Å². The van der Waals surface area contributed by atoms with Crippen LogP contribution in [0.3, 0.4) is 0 Å². The lowest BCUT2D eigenvalue weighted by atomic mass is 10.2. The standard InChI is InChI=1S/C15H13Cl2NO4S/c16-11-6-4-10(5-7-11)8-9-18-23(21,22)13-3-1-2-12(14(13)17)15(19)20/h1-7,18H,8-9H2,(H,19,20). The Hall–Kier alpha value is -1.60. The lowest BCUT2D eigenvalue weighted by Crippen LogP contribution is -2.26. The first kappa shape index (κ1) is 17.7. The molecule has 0 aliphatic carbocycles. The third-order valence-corrected chi connectivity index (χ3v) is 5.38. The maximum absolute atomic E-state index is 12.3. The van der Waals surface area contributed by atoms with E-state index in [0.717, 1.165) is 5.56 Å². The van der Waals surface area contributed by atoms with Gasteiger partial charge in [-0.3, -0.25) is 0 Å². The molecule has 0 saturated heterocycles. The second-order valence-corrected chi connectivity index (χ2v) is 7.25. The van der Waals surface area contributed by atoms with Crippen LogP contribution in [0.25, 0.3) is 0 Å². The van der Waals surface area contributed by atoms with Crippen molar-refractivity contribution in [3.63, 3.8) is 0 Å². The highest BCUT2D eigenvalue weighted by molar-refractivity contribution is 7.89. The molecule has 0 atom stereocenters. The smallest absolute Gasteiger partial charge is 0.337 e. The molecule has 0 aliphatic heterocycles. The van der Waals surface area contributed by atoms with E-state index in [2.05, 4.69) is 4.72 Å². The van der Waals surface area contributed by atoms with E-state index in [1.54, 1.807) is 24.3 Å². The maximum Gasteiger partial charge on any atom is 0.337 e. The van der Waals surface area contributed by atoms with Crippen LogP contribution < -0.4 is 4.72 Å².